The van der Waals surface area contributed by atoms with Crippen molar-refractivity contribution in [3.8, 4) is 11.5 Å². The van der Waals surface area contributed by atoms with E-state index in [2.05, 4.69) is 0 Å². The van der Waals surface area contributed by atoms with E-state index < -0.39 is 10.9 Å². The van der Waals surface area contributed by atoms with E-state index in [-0.39, 0.29) is 43.0 Å². The van der Waals surface area contributed by atoms with Crippen molar-refractivity contribution >= 4 is 17.6 Å². The third-order valence-electron chi connectivity index (χ3n) is 3.15. The van der Waals surface area contributed by atoms with Gasteiger partial charge in [-0.05, 0) is 6.07 Å². The predicted molar refractivity (Wildman–Crippen MR) is 99.0 cm³/mol. The van der Waals surface area contributed by atoms with Gasteiger partial charge in [0.2, 0.25) is 0 Å². The standard InChI is InChI=1S/C18H25NO10/c1-14(20)27-11-9-25-7-5-24-6-8-26-10-12-28-18-13-16(19(22)23)3-4-17(18)29-15(2)21/h3-4,13H,5-12H2,1-2H3. The van der Waals surface area contributed by atoms with Crippen molar-refractivity contribution in [3.05, 3.63) is 28.3 Å². The monoisotopic (exact) mass is 415 g/mol. The van der Waals surface area contributed by atoms with Crippen LogP contribution in [0.3, 0.4) is 0 Å². The fourth-order valence-electron chi connectivity index (χ4n) is 1.96. The van der Waals surface area contributed by atoms with Crippen LogP contribution >= 0.6 is 0 Å². The second-order valence-corrected chi connectivity index (χ2v) is 5.51. The van der Waals surface area contributed by atoms with E-state index in [1.54, 1.807) is 0 Å². The number of carbonyl (C=O) groups excluding carboxylic acids is 2. The Hall–Kier alpha value is -2.76. The topological polar surface area (TPSA) is 133 Å². The Kier molecular flexibility index (Phi) is 11.9. The number of rotatable bonds is 15. The number of benzene rings is 1. The van der Waals surface area contributed by atoms with Crippen LogP contribution < -0.4 is 9.47 Å². The van der Waals surface area contributed by atoms with Gasteiger partial charge >= 0.3 is 11.9 Å². The van der Waals surface area contributed by atoms with Gasteiger partial charge in [-0.3, -0.25) is 19.7 Å². The molecule has 0 saturated heterocycles. The first-order valence-corrected chi connectivity index (χ1v) is 8.86. The molecule has 0 amide bonds. The van der Waals surface area contributed by atoms with Crippen LogP contribution in [0.2, 0.25) is 0 Å². The van der Waals surface area contributed by atoms with Gasteiger partial charge in [0.25, 0.3) is 5.69 Å². The Morgan fingerprint density at radius 1 is 0.828 bits per heavy atom. The summed E-state index contributed by atoms with van der Waals surface area (Å²) in [6.45, 7) is 4.81. The Morgan fingerprint density at radius 3 is 1.90 bits per heavy atom. The lowest BCUT2D eigenvalue weighted by Crippen LogP contribution is -2.14. The first-order valence-electron chi connectivity index (χ1n) is 8.86. The molecule has 0 N–H and O–H groups in total. The Bertz CT molecular complexity index is 664. The molecule has 1 rings (SSSR count). The SMILES string of the molecule is CC(=O)OCCOCCOCCOCCOc1cc([N+](=O)[O-])ccc1OC(C)=O. The molecule has 0 aliphatic rings. The molecule has 0 fully saturated rings. The molecule has 0 unspecified atom stereocenters. The Morgan fingerprint density at radius 2 is 1.38 bits per heavy atom. The molecule has 1 aromatic carbocycles. The first kappa shape index (κ1) is 24.3. The Labute approximate surface area is 167 Å². The van der Waals surface area contributed by atoms with Gasteiger partial charge in [0.15, 0.2) is 11.5 Å². The molecule has 0 atom stereocenters. The van der Waals surface area contributed by atoms with E-state index in [9.17, 15) is 19.7 Å². The maximum absolute atomic E-state index is 11.1. The highest BCUT2D eigenvalue weighted by Gasteiger charge is 2.14. The molecule has 162 valence electrons. The summed E-state index contributed by atoms with van der Waals surface area (Å²) in [4.78, 5) is 31.9. The van der Waals surface area contributed by atoms with Crippen LogP contribution in [0.25, 0.3) is 0 Å². The van der Waals surface area contributed by atoms with Gasteiger partial charge in [-0.1, -0.05) is 0 Å². The fraction of sp³-hybridized carbons (Fsp3) is 0.556. The minimum Gasteiger partial charge on any atom is -0.487 e. The third-order valence-corrected chi connectivity index (χ3v) is 3.15. The van der Waals surface area contributed by atoms with Crippen LogP contribution in [0.15, 0.2) is 18.2 Å². The van der Waals surface area contributed by atoms with Gasteiger partial charge in [-0.15, -0.1) is 0 Å². The second kappa shape index (κ2) is 14.3. The number of carbonyl (C=O) groups is 2. The molecular weight excluding hydrogens is 390 g/mol. The molecular formula is C18H25NO10. The highest BCUT2D eigenvalue weighted by molar-refractivity contribution is 5.70. The number of esters is 2. The van der Waals surface area contributed by atoms with Gasteiger partial charge in [-0.2, -0.15) is 0 Å². The summed E-state index contributed by atoms with van der Waals surface area (Å²) in [7, 11) is 0. The molecule has 0 aromatic heterocycles. The molecule has 11 nitrogen and oxygen atoms in total. The Balaban J connectivity index is 2.15. The van der Waals surface area contributed by atoms with Gasteiger partial charge in [0.1, 0.15) is 13.2 Å². The average molecular weight is 415 g/mol. The van der Waals surface area contributed by atoms with Crippen molar-refractivity contribution in [2.24, 2.45) is 0 Å². The summed E-state index contributed by atoms with van der Waals surface area (Å²) in [6.07, 6.45) is 0. The zero-order valence-corrected chi connectivity index (χ0v) is 16.4. The lowest BCUT2D eigenvalue weighted by Gasteiger charge is -2.11. The van der Waals surface area contributed by atoms with Gasteiger partial charge in [0, 0.05) is 19.9 Å². The van der Waals surface area contributed by atoms with Crippen LogP contribution in [0.4, 0.5) is 5.69 Å². The van der Waals surface area contributed by atoms with Crippen molar-refractivity contribution in [2.45, 2.75) is 13.8 Å². The summed E-state index contributed by atoms with van der Waals surface area (Å²) in [5.74, 6) is -0.730. The molecule has 0 aliphatic carbocycles. The van der Waals surface area contributed by atoms with Gasteiger partial charge < -0.3 is 28.4 Å². The summed E-state index contributed by atoms with van der Waals surface area (Å²) in [5, 5.41) is 10.9. The number of nitro groups is 1. The molecule has 29 heavy (non-hydrogen) atoms. The minimum absolute atomic E-state index is 0.0835. The van der Waals surface area contributed by atoms with E-state index in [1.807, 2.05) is 0 Å². The highest BCUT2D eigenvalue weighted by atomic mass is 16.6. The van der Waals surface area contributed by atoms with Crippen molar-refractivity contribution in [1.82, 2.24) is 0 Å². The van der Waals surface area contributed by atoms with Gasteiger partial charge in [-0.25, -0.2) is 0 Å². The lowest BCUT2D eigenvalue weighted by atomic mass is 10.3. The van der Waals surface area contributed by atoms with Crippen LogP contribution in [0.1, 0.15) is 13.8 Å². The van der Waals surface area contributed by atoms with E-state index in [4.69, 9.17) is 28.4 Å². The van der Waals surface area contributed by atoms with Crippen LogP contribution in [-0.2, 0) is 28.5 Å². The zero-order valence-electron chi connectivity index (χ0n) is 16.4. The molecule has 0 spiro atoms. The number of nitrogens with zero attached hydrogens (tertiary/aromatic N) is 1. The second-order valence-electron chi connectivity index (χ2n) is 5.51. The van der Waals surface area contributed by atoms with Gasteiger partial charge in [0.05, 0.1) is 50.6 Å². The van der Waals surface area contributed by atoms with Crippen molar-refractivity contribution in [2.75, 3.05) is 52.9 Å². The zero-order chi connectivity index (χ0) is 21.5. The third kappa shape index (κ3) is 11.6. The largest absolute Gasteiger partial charge is 0.487 e. The predicted octanol–water partition coefficient (Wildman–Crippen LogP) is 1.51. The average Bonchev–Trinajstić information content (AvgIpc) is 2.65. The van der Waals surface area contributed by atoms with Crippen molar-refractivity contribution in [1.29, 1.82) is 0 Å². The quantitative estimate of drug-likeness (QED) is 0.136. The number of ether oxygens (including phenoxy) is 6. The first-order chi connectivity index (χ1) is 13.9. The molecule has 0 aliphatic heterocycles. The van der Waals surface area contributed by atoms with E-state index in [0.29, 0.717) is 33.0 Å². The van der Waals surface area contributed by atoms with E-state index >= 15 is 0 Å². The number of hydrogen-bond donors (Lipinski definition) is 0. The van der Waals surface area contributed by atoms with E-state index in [1.165, 1.54) is 32.0 Å². The van der Waals surface area contributed by atoms with Crippen LogP contribution in [0, 0.1) is 10.1 Å². The summed E-state index contributed by atoms with van der Waals surface area (Å²) in [5.41, 5.74) is -0.180. The molecule has 11 heteroatoms. The van der Waals surface area contributed by atoms with Crippen LogP contribution in [0.5, 0.6) is 11.5 Å². The number of hydrogen-bond acceptors (Lipinski definition) is 10. The minimum atomic E-state index is -0.571. The summed E-state index contributed by atoms with van der Waals surface area (Å²) in [6, 6.07) is 3.71. The highest BCUT2D eigenvalue weighted by Crippen LogP contribution is 2.31. The molecule has 0 heterocycles. The molecule has 0 radical (unpaired) electrons. The molecule has 0 saturated carbocycles. The van der Waals surface area contributed by atoms with E-state index in [0.717, 1.165) is 0 Å². The van der Waals surface area contributed by atoms with Crippen LogP contribution in [-0.4, -0.2) is 69.7 Å². The summed E-state index contributed by atoms with van der Waals surface area (Å²) < 4.78 is 30.9. The molecule has 0 bridgehead atoms. The van der Waals surface area contributed by atoms with Crippen molar-refractivity contribution in [3.63, 3.8) is 0 Å². The number of non-ortho nitro benzene ring substituents is 1. The maximum Gasteiger partial charge on any atom is 0.308 e. The lowest BCUT2D eigenvalue weighted by molar-refractivity contribution is -0.385. The maximum atomic E-state index is 11.1. The van der Waals surface area contributed by atoms with Crippen molar-refractivity contribution < 1.29 is 42.9 Å². The smallest absolute Gasteiger partial charge is 0.308 e. The normalized spacial score (nSPS) is 10.4. The molecule has 1 aromatic rings. The summed E-state index contributed by atoms with van der Waals surface area (Å²) >= 11 is 0. The number of nitro benzene ring substituents is 1. The fourth-order valence-corrected chi connectivity index (χ4v) is 1.96.